The maximum atomic E-state index is 6.95. The zero-order valence-corrected chi connectivity index (χ0v) is 36.1. The Labute approximate surface area is 343 Å². The van der Waals surface area contributed by atoms with Gasteiger partial charge in [0.1, 0.15) is 16.9 Å². The van der Waals surface area contributed by atoms with Crippen LogP contribution in [0.15, 0.2) is 109 Å². The number of pyridine rings is 4. The van der Waals surface area contributed by atoms with Crippen molar-refractivity contribution in [1.29, 1.82) is 0 Å². The number of ether oxygens (including phenoxy) is 1. The first kappa shape index (κ1) is 37.9. The Morgan fingerprint density at radius 2 is 0.776 bits per heavy atom. The van der Waals surface area contributed by atoms with Crippen LogP contribution in [-0.2, 0) is 27.1 Å². The van der Waals surface area contributed by atoms with Gasteiger partial charge in [0.05, 0.1) is 44.8 Å². The fourth-order valence-electron chi connectivity index (χ4n) is 8.90. The third-order valence-corrected chi connectivity index (χ3v) is 12.0. The Morgan fingerprint density at radius 1 is 0.397 bits per heavy atom. The predicted molar refractivity (Wildman–Crippen MR) is 241 cm³/mol. The fraction of sp³-hybridized carbons (Fsp3) is 0.321. The minimum atomic E-state index is -0.985. The van der Waals surface area contributed by atoms with Crippen molar-refractivity contribution >= 4 is 43.6 Å². The second-order valence-corrected chi connectivity index (χ2v) is 20.4. The van der Waals surface area contributed by atoms with Crippen LogP contribution in [0.3, 0.4) is 0 Å². The topological polar surface area (TPSA) is 60.8 Å². The number of hydrogen-bond acceptors (Lipinski definition) is 5. The molecule has 0 fully saturated rings. The summed E-state index contributed by atoms with van der Waals surface area (Å²) in [6.45, 7) is 27.0. The van der Waals surface area contributed by atoms with Crippen LogP contribution in [0.1, 0.15) is 128 Å². The van der Waals surface area contributed by atoms with E-state index in [0.717, 1.165) is 89.0 Å². The lowest BCUT2D eigenvalue weighted by atomic mass is 9.65. The highest BCUT2D eigenvalue weighted by Crippen LogP contribution is 2.56. The Bertz CT molecular complexity index is 2770. The van der Waals surface area contributed by atoms with Gasteiger partial charge in [-0.2, -0.15) is 0 Å². The summed E-state index contributed by atoms with van der Waals surface area (Å²) < 4.78 is 6.95. The third kappa shape index (κ3) is 5.88. The van der Waals surface area contributed by atoms with Crippen molar-refractivity contribution in [2.24, 2.45) is 0 Å². The van der Waals surface area contributed by atoms with Crippen molar-refractivity contribution in [3.8, 4) is 11.5 Å². The molecule has 5 nitrogen and oxygen atoms in total. The first-order valence-corrected chi connectivity index (χ1v) is 20.6. The lowest BCUT2D eigenvalue weighted by molar-refractivity contribution is 0.427. The van der Waals surface area contributed by atoms with Gasteiger partial charge in [-0.3, -0.25) is 0 Å². The summed E-state index contributed by atoms with van der Waals surface area (Å²) in [6, 6.07) is 39.3. The van der Waals surface area contributed by atoms with Crippen LogP contribution in [-0.4, -0.2) is 19.9 Å². The van der Waals surface area contributed by atoms with Crippen LogP contribution in [0, 0.1) is 0 Å². The smallest absolute Gasteiger partial charge is 0.132 e. The van der Waals surface area contributed by atoms with E-state index >= 15 is 0 Å². The van der Waals surface area contributed by atoms with E-state index in [1.165, 1.54) is 11.1 Å². The molecular weight excluding hydrogens is 709 g/mol. The molecule has 0 radical (unpaired) electrons. The van der Waals surface area contributed by atoms with Crippen LogP contribution >= 0.6 is 0 Å². The number of fused-ring (bicyclic) bond motifs is 8. The van der Waals surface area contributed by atoms with E-state index in [0.29, 0.717) is 0 Å². The standard InChI is InChI=1S/C53H54N4O/c1-49(2,3)31-21-25-41-37(29-31)53(38-30-32(50(4,5)6)22-26-42(38)58-41,43-27-23-39-45(56-43)33-17-13-15-19-35(33)47(54-39)51(7,8)9)44-28-24-40-46(57-44)34-18-14-16-20-36(34)48(55-40)52(10,11)12/h13-30H,1-12H3. The van der Waals surface area contributed by atoms with Gasteiger partial charge in [0.2, 0.25) is 0 Å². The van der Waals surface area contributed by atoms with E-state index < -0.39 is 5.41 Å². The summed E-state index contributed by atoms with van der Waals surface area (Å²) in [7, 11) is 0. The van der Waals surface area contributed by atoms with E-state index in [-0.39, 0.29) is 21.7 Å². The molecule has 0 amide bonds. The average Bonchev–Trinajstić information content (AvgIpc) is 3.17. The first-order valence-electron chi connectivity index (χ1n) is 20.6. The SMILES string of the molecule is CC(C)(C)c1ccc2c(c1)C(c1ccc3nc(C(C)(C)C)c4ccccc4c3n1)(c1ccc3nc(C(C)(C)C)c4ccccc4c3n1)c1cc(C(C)(C)C)ccc1O2. The zero-order chi connectivity index (χ0) is 41.2. The molecule has 0 unspecified atom stereocenters. The zero-order valence-electron chi connectivity index (χ0n) is 36.1. The molecule has 0 spiro atoms. The summed E-state index contributed by atoms with van der Waals surface area (Å²) >= 11 is 0. The van der Waals surface area contributed by atoms with E-state index in [2.05, 4.69) is 192 Å². The van der Waals surface area contributed by atoms with Gasteiger partial charge < -0.3 is 4.74 Å². The van der Waals surface area contributed by atoms with Gasteiger partial charge in [0.15, 0.2) is 0 Å². The molecule has 0 saturated carbocycles. The van der Waals surface area contributed by atoms with Gasteiger partial charge >= 0.3 is 0 Å². The van der Waals surface area contributed by atoms with Gasteiger partial charge in [-0.1, -0.05) is 144 Å². The van der Waals surface area contributed by atoms with E-state index in [9.17, 15) is 0 Å². The number of rotatable bonds is 2. The summed E-state index contributed by atoms with van der Waals surface area (Å²) in [4.78, 5) is 22.3. The highest BCUT2D eigenvalue weighted by Gasteiger charge is 2.49. The van der Waals surface area contributed by atoms with E-state index in [1.807, 2.05) is 0 Å². The minimum absolute atomic E-state index is 0.130. The molecule has 5 heteroatoms. The van der Waals surface area contributed by atoms with Gasteiger partial charge in [-0.05, 0) is 70.5 Å². The number of aromatic nitrogens is 4. The Kier molecular flexibility index (Phi) is 8.27. The lowest BCUT2D eigenvalue weighted by Crippen LogP contribution is -2.37. The van der Waals surface area contributed by atoms with Gasteiger partial charge in [0.25, 0.3) is 0 Å². The summed E-state index contributed by atoms with van der Waals surface area (Å²) in [5.74, 6) is 1.59. The molecule has 4 aromatic carbocycles. The summed E-state index contributed by atoms with van der Waals surface area (Å²) in [5, 5.41) is 4.42. The molecule has 9 rings (SSSR count). The molecule has 58 heavy (non-hydrogen) atoms. The second kappa shape index (κ2) is 12.7. The van der Waals surface area contributed by atoms with Crippen molar-refractivity contribution in [1.82, 2.24) is 19.9 Å². The molecule has 4 aromatic heterocycles. The summed E-state index contributed by atoms with van der Waals surface area (Å²) in [6.07, 6.45) is 0. The van der Waals surface area contributed by atoms with Crippen LogP contribution < -0.4 is 4.74 Å². The molecule has 0 bridgehead atoms. The van der Waals surface area contributed by atoms with Crippen LogP contribution in [0.4, 0.5) is 0 Å². The fourth-order valence-corrected chi connectivity index (χ4v) is 8.90. The van der Waals surface area contributed by atoms with Crippen LogP contribution in [0.25, 0.3) is 43.6 Å². The van der Waals surface area contributed by atoms with Gasteiger partial charge in [-0.25, -0.2) is 19.9 Å². The molecular formula is C53H54N4O. The quantitative estimate of drug-likeness (QED) is 0.164. The Morgan fingerprint density at radius 3 is 1.14 bits per heavy atom. The predicted octanol–water partition coefficient (Wildman–Crippen LogP) is 13.6. The largest absolute Gasteiger partial charge is 0.457 e. The van der Waals surface area contributed by atoms with Crippen molar-refractivity contribution in [2.75, 3.05) is 0 Å². The molecule has 1 aliphatic rings. The number of nitrogens with zero attached hydrogens (tertiary/aromatic N) is 4. The van der Waals surface area contributed by atoms with E-state index in [1.54, 1.807) is 0 Å². The average molecular weight is 763 g/mol. The number of hydrogen-bond donors (Lipinski definition) is 0. The molecule has 0 atom stereocenters. The monoisotopic (exact) mass is 762 g/mol. The second-order valence-electron chi connectivity index (χ2n) is 20.4. The highest BCUT2D eigenvalue weighted by molar-refractivity contribution is 6.06. The molecule has 5 heterocycles. The first-order chi connectivity index (χ1) is 27.3. The van der Waals surface area contributed by atoms with Crippen molar-refractivity contribution in [3.63, 3.8) is 0 Å². The third-order valence-electron chi connectivity index (χ3n) is 12.0. The van der Waals surface area contributed by atoms with Crippen molar-refractivity contribution in [2.45, 2.75) is 110 Å². The lowest BCUT2D eigenvalue weighted by Gasteiger charge is -2.41. The maximum absolute atomic E-state index is 6.95. The van der Waals surface area contributed by atoms with Crippen LogP contribution in [0.5, 0.6) is 11.5 Å². The van der Waals surface area contributed by atoms with Gasteiger partial charge in [0, 0.05) is 43.5 Å². The number of benzene rings is 4. The molecule has 8 aromatic rings. The summed E-state index contributed by atoms with van der Waals surface area (Å²) in [5.41, 5.74) is 10.3. The van der Waals surface area contributed by atoms with E-state index in [4.69, 9.17) is 24.7 Å². The molecule has 1 aliphatic heterocycles. The molecule has 0 aliphatic carbocycles. The normalized spacial score (nSPS) is 14.5. The van der Waals surface area contributed by atoms with Crippen molar-refractivity contribution < 1.29 is 4.74 Å². The minimum Gasteiger partial charge on any atom is -0.457 e. The maximum Gasteiger partial charge on any atom is 0.132 e. The van der Waals surface area contributed by atoms with Gasteiger partial charge in [-0.15, -0.1) is 0 Å². The Balaban J connectivity index is 1.49. The Hall–Kier alpha value is -5.68. The van der Waals surface area contributed by atoms with Crippen LogP contribution in [0.2, 0.25) is 0 Å². The highest BCUT2D eigenvalue weighted by atomic mass is 16.5. The molecule has 0 N–H and O–H groups in total. The molecule has 292 valence electrons. The molecule has 0 saturated heterocycles. The van der Waals surface area contributed by atoms with Crippen molar-refractivity contribution in [3.05, 3.63) is 154 Å².